The average molecular weight is 299 g/mol. The third-order valence-electron chi connectivity index (χ3n) is 3.50. The molecule has 5 nitrogen and oxygen atoms in total. The third-order valence-corrected chi connectivity index (χ3v) is 3.50. The van der Waals surface area contributed by atoms with E-state index in [1.54, 1.807) is 18.2 Å². The molecule has 114 valence electrons. The quantitative estimate of drug-likeness (QED) is 0.887. The van der Waals surface area contributed by atoms with Crippen molar-refractivity contribution >= 4 is 5.97 Å². The Morgan fingerprint density at radius 1 is 1.09 bits per heavy atom. The molecule has 0 fully saturated rings. The normalized spacial score (nSPS) is 14.4. The van der Waals surface area contributed by atoms with Crippen LogP contribution in [0.1, 0.15) is 17.2 Å². The maximum absolute atomic E-state index is 11.6. The smallest absolute Gasteiger partial charge is 0.325 e. The van der Waals surface area contributed by atoms with Crippen LogP contribution in [0.3, 0.4) is 0 Å². The molecule has 1 atom stereocenters. The standard InChI is InChI=1S/C17H17NO4/c19-17(20)16(18-11-12-4-2-1-3-5-12)13-6-7-14-15(10-13)22-9-8-21-14/h1-7,10,16,18H,8-9,11H2,(H,19,20). The van der Waals surface area contributed by atoms with Gasteiger partial charge in [-0.05, 0) is 23.3 Å². The van der Waals surface area contributed by atoms with Gasteiger partial charge in [0.25, 0.3) is 0 Å². The number of carboxylic acids is 1. The molecule has 0 saturated carbocycles. The van der Waals surface area contributed by atoms with Crippen molar-refractivity contribution in [3.05, 3.63) is 59.7 Å². The maximum atomic E-state index is 11.6. The minimum Gasteiger partial charge on any atom is -0.486 e. The molecular formula is C17H17NO4. The van der Waals surface area contributed by atoms with E-state index in [0.717, 1.165) is 5.56 Å². The van der Waals surface area contributed by atoms with Gasteiger partial charge in [-0.15, -0.1) is 0 Å². The van der Waals surface area contributed by atoms with Crippen LogP contribution in [-0.2, 0) is 11.3 Å². The van der Waals surface area contributed by atoms with Crippen LogP contribution in [0.15, 0.2) is 48.5 Å². The fourth-order valence-electron chi connectivity index (χ4n) is 2.40. The number of aliphatic carboxylic acids is 1. The van der Waals surface area contributed by atoms with E-state index in [1.165, 1.54) is 0 Å². The molecule has 1 aliphatic heterocycles. The number of hydrogen-bond acceptors (Lipinski definition) is 4. The summed E-state index contributed by atoms with van der Waals surface area (Å²) >= 11 is 0. The zero-order chi connectivity index (χ0) is 15.4. The van der Waals surface area contributed by atoms with Crippen molar-refractivity contribution in [1.29, 1.82) is 0 Å². The maximum Gasteiger partial charge on any atom is 0.325 e. The van der Waals surface area contributed by atoms with E-state index in [0.29, 0.717) is 36.8 Å². The minimum atomic E-state index is -0.924. The van der Waals surface area contributed by atoms with Crippen molar-refractivity contribution < 1.29 is 19.4 Å². The van der Waals surface area contributed by atoms with E-state index in [4.69, 9.17) is 9.47 Å². The highest BCUT2D eigenvalue weighted by Crippen LogP contribution is 2.32. The summed E-state index contributed by atoms with van der Waals surface area (Å²) in [5.41, 5.74) is 1.68. The lowest BCUT2D eigenvalue weighted by Crippen LogP contribution is -2.28. The van der Waals surface area contributed by atoms with Crippen molar-refractivity contribution in [2.24, 2.45) is 0 Å². The number of ether oxygens (including phenoxy) is 2. The fourth-order valence-corrected chi connectivity index (χ4v) is 2.40. The molecule has 1 unspecified atom stereocenters. The average Bonchev–Trinajstić information content (AvgIpc) is 2.55. The molecule has 0 bridgehead atoms. The van der Waals surface area contributed by atoms with Crippen LogP contribution in [0.2, 0.25) is 0 Å². The highest BCUT2D eigenvalue weighted by atomic mass is 16.6. The van der Waals surface area contributed by atoms with Crippen molar-refractivity contribution in [2.45, 2.75) is 12.6 Å². The first-order valence-electron chi connectivity index (χ1n) is 7.14. The summed E-state index contributed by atoms with van der Waals surface area (Å²) in [6.07, 6.45) is 0. The Morgan fingerprint density at radius 2 is 1.82 bits per heavy atom. The van der Waals surface area contributed by atoms with Crippen molar-refractivity contribution in [2.75, 3.05) is 13.2 Å². The Balaban J connectivity index is 1.77. The molecule has 22 heavy (non-hydrogen) atoms. The van der Waals surface area contributed by atoms with Gasteiger partial charge in [0, 0.05) is 6.54 Å². The Kier molecular flexibility index (Phi) is 4.25. The molecule has 2 aromatic rings. The van der Waals surface area contributed by atoms with Gasteiger partial charge in [-0.3, -0.25) is 10.1 Å². The molecule has 3 rings (SSSR count). The summed E-state index contributed by atoms with van der Waals surface area (Å²) in [6.45, 7) is 1.47. The van der Waals surface area contributed by atoms with Gasteiger partial charge in [-0.25, -0.2) is 0 Å². The van der Waals surface area contributed by atoms with E-state index in [2.05, 4.69) is 5.32 Å². The molecule has 0 spiro atoms. The monoisotopic (exact) mass is 299 g/mol. The van der Waals surface area contributed by atoms with Crippen LogP contribution in [-0.4, -0.2) is 24.3 Å². The summed E-state index contributed by atoms with van der Waals surface area (Å²) in [4.78, 5) is 11.6. The molecule has 0 aliphatic carbocycles. The molecule has 0 saturated heterocycles. The lowest BCUT2D eigenvalue weighted by molar-refractivity contribution is -0.139. The molecular weight excluding hydrogens is 282 g/mol. The molecule has 0 amide bonds. The fraction of sp³-hybridized carbons (Fsp3) is 0.235. The van der Waals surface area contributed by atoms with Crippen LogP contribution >= 0.6 is 0 Å². The van der Waals surface area contributed by atoms with E-state index >= 15 is 0 Å². The highest BCUT2D eigenvalue weighted by molar-refractivity contribution is 5.76. The molecule has 2 N–H and O–H groups in total. The molecule has 1 heterocycles. The van der Waals surface area contributed by atoms with E-state index < -0.39 is 12.0 Å². The largest absolute Gasteiger partial charge is 0.486 e. The summed E-state index contributed by atoms with van der Waals surface area (Å²) in [6, 6.07) is 14.1. The zero-order valence-electron chi connectivity index (χ0n) is 12.0. The number of nitrogens with one attached hydrogen (secondary N) is 1. The minimum absolute atomic E-state index is 0.478. The first-order valence-corrected chi connectivity index (χ1v) is 7.14. The molecule has 2 aromatic carbocycles. The first kappa shape index (κ1) is 14.4. The molecule has 0 radical (unpaired) electrons. The molecule has 1 aliphatic rings. The third kappa shape index (κ3) is 3.20. The Bertz CT molecular complexity index is 657. The van der Waals surface area contributed by atoms with Crippen LogP contribution in [0.4, 0.5) is 0 Å². The summed E-state index contributed by atoms with van der Waals surface area (Å²) in [7, 11) is 0. The second-order valence-electron chi connectivity index (χ2n) is 5.04. The van der Waals surface area contributed by atoms with Crippen molar-refractivity contribution in [3.63, 3.8) is 0 Å². The molecule has 0 aromatic heterocycles. The zero-order valence-corrected chi connectivity index (χ0v) is 12.0. The van der Waals surface area contributed by atoms with Gasteiger partial charge < -0.3 is 14.6 Å². The number of carboxylic acid groups (broad SMARTS) is 1. The topological polar surface area (TPSA) is 67.8 Å². The predicted octanol–water partition coefficient (Wildman–Crippen LogP) is 2.37. The summed E-state index contributed by atoms with van der Waals surface area (Å²) in [5, 5.41) is 12.5. The van der Waals surface area contributed by atoms with Crippen LogP contribution < -0.4 is 14.8 Å². The van der Waals surface area contributed by atoms with Gasteiger partial charge in [0.1, 0.15) is 19.3 Å². The summed E-state index contributed by atoms with van der Waals surface area (Å²) < 4.78 is 11.0. The highest BCUT2D eigenvalue weighted by Gasteiger charge is 2.22. The molecule has 5 heteroatoms. The first-order chi connectivity index (χ1) is 10.7. The number of fused-ring (bicyclic) bond motifs is 1. The number of carbonyl (C=O) groups is 1. The number of benzene rings is 2. The van der Waals surface area contributed by atoms with Gasteiger partial charge >= 0.3 is 5.97 Å². The number of rotatable bonds is 5. The second kappa shape index (κ2) is 6.49. The van der Waals surface area contributed by atoms with E-state index in [-0.39, 0.29) is 0 Å². The van der Waals surface area contributed by atoms with Gasteiger partial charge in [0.15, 0.2) is 11.5 Å². The number of hydrogen-bond donors (Lipinski definition) is 2. The van der Waals surface area contributed by atoms with E-state index in [9.17, 15) is 9.90 Å². The lowest BCUT2D eigenvalue weighted by atomic mass is 10.1. The van der Waals surface area contributed by atoms with Crippen LogP contribution in [0, 0.1) is 0 Å². The van der Waals surface area contributed by atoms with Gasteiger partial charge in [-0.2, -0.15) is 0 Å². The van der Waals surface area contributed by atoms with Crippen LogP contribution in [0.25, 0.3) is 0 Å². The van der Waals surface area contributed by atoms with Gasteiger partial charge in [0.05, 0.1) is 0 Å². The van der Waals surface area contributed by atoms with Gasteiger partial charge in [-0.1, -0.05) is 36.4 Å². The predicted molar refractivity (Wildman–Crippen MR) is 81.1 cm³/mol. The Labute approximate surface area is 128 Å². The van der Waals surface area contributed by atoms with E-state index in [1.807, 2.05) is 30.3 Å². The second-order valence-corrected chi connectivity index (χ2v) is 5.04. The van der Waals surface area contributed by atoms with Crippen molar-refractivity contribution in [1.82, 2.24) is 5.32 Å². The van der Waals surface area contributed by atoms with Crippen molar-refractivity contribution in [3.8, 4) is 11.5 Å². The summed E-state index contributed by atoms with van der Waals surface area (Å²) in [5.74, 6) is 0.325. The Morgan fingerprint density at radius 3 is 2.55 bits per heavy atom. The van der Waals surface area contributed by atoms with Gasteiger partial charge in [0.2, 0.25) is 0 Å². The lowest BCUT2D eigenvalue weighted by Gasteiger charge is -2.21. The Hall–Kier alpha value is -2.53. The van der Waals surface area contributed by atoms with Crippen LogP contribution in [0.5, 0.6) is 11.5 Å². The SMILES string of the molecule is O=C(O)C(NCc1ccccc1)c1ccc2c(c1)OCCO2.